The quantitative estimate of drug-likeness (QED) is 0.619. The molecule has 0 saturated heterocycles. The number of carbonyl (C=O) groups is 1. The predicted molar refractivity (Wildman–Crippen MR) is 114 cm³/mol. The number of pyridine rings is 1. The van der Waals surface area contributed by atoms with Crippen LogP contribution < -0.4 is 10.6 Å². The van der Waals surface area contributed by atoms with Gasteiger partial charge in [0.1, 0.15) is 5.65 Å². The standard InChI is InChI=1S/C23H22F3N5O/c1-31-11-9-18-19(8-10-28-21(18)31)22(32)30-16-6-4-15(5-7-16)29-17-3-2-14(13-27)20(12-17)23(24,25)26/h2-3,8-12,15-16,29H,4-7H2,1H3,(H,30,32). The summed E-state index contributed by atoms with van der Waals surface area (Å²) >= 11 is 0. The van der Waals surface area contributed by atoms with Crippen LogP contribution in [0.3, 0.4) is 0 Å². The Kier molecular flexibility index (Phi) is 5.78. The molecule has 6 nitrogen and oxygen atoms in total. The smallest absolute Gasteiger partial charge is 0.382 e. The van der Waals surface area contributed by atoms with Gasteiger partial charge in [-0.3, -0.25) is 4.79 Å². The van der Waals surface area contributed by atoms with E-state index in [-0.39, 0.29) is 18.0 Å². The molecule has 1 aliphatic carbocycles. The summed E-state index contributed by atoms with van der Waals surface area (Å²) in [5.41, 5.74) is 0.333. The highest BCUT2D eigenvalue weighted by Crippen LogP contribution is 2.34. The van der Waals surface area contributed by atoms with Gasteiger partial charge < -0.3 is 15.2 Å². The highest BCUT2D eigenvalue weighted by Gasteiger charge is 2.34. The van der Waals surface area contributed by atoms with E-state index in [0.29, 0.717) is 24.1 Å². The lowest BCUT2D eigenvalue weighted by atomic mass is 9.90. The molecule has 3 aromatic rings. The Bertz CT molecular complexity index is 1190. The van der Waals surface area contributed by atoms with E-state index >= 15 is 0 Å². The average Bonchev–Trinajstić information content (AvgIpc) is 3.15. The number of rotatable bonds is 4. The van der Waals surface area contributed by atoms with Crippen LogP contribution >= 0.6 is 0 Å². The molecule has 1 saturated carbocycles. The number of benzene rings is 1. The summed E-state index contributed by atoms with van der Waals surface area (Å²) in [5, 5.41) is 15.9. The maximum absolute atomic E-state index is 13.2. The van der Waals surface area contributed by atoms with Crippen molar-refractivity contribution in [2.24, 2.45) is 7.05 Å². The fourth-order valence-electron chi connectivity index (χ4n) is 4.21. The number of nitrogens with zero attached hydrogens (tertiary/aromatic N) is 3. The molecule has 1 amide bonds. The van der Waals surface area contributed by atoms with Crippen molar-refractivity contribution >= 4 is 22.6 Å². The van der Waals surface area contributed by atoms with Gasteiger partial charge >= 0.3 is 6.18 Å². The molecule has 9 heteroatoms. The van der Waals surface area contributed by atoms with Gasteiger partial charge in [0, 0.05) is 42.6 Å². The maximum atomic E-state index is 13.2. The second-order valence-electron chi connectivity index (χ2n) is 8.06. The number of fused-ring (bicyclic) bond motifs is 1. The van der Waals surface area contributed by atoms with Gasteiger partial charge in [0.25, 0.3) is 5.91 Å². The average molecular weight is 441 g/mol. The lowest BCUT2D eigenvalue weighted by molar-refractivity contribution is -0.137. The van der Waals surface area contributed by atoms with Gasteiger partial charge in [0.2, 0.25) is 0 Å². The second-order valence-corrected chi connectivity index (χ2v) is 8.06. The molecule has 32 heavy (non-hydrogen) atoms. The second kappa shape index (κ2) is 8.54. The predicted octanol–water partition coefficient (Wildman–Crippen LogP) is 4.62. The lowest BCUT2D eigenvalue weighted by Gasteiger charge is -2.30. The molecule has 0 unspecified atom stereocenters. The fraction of sp³-hybridized carbons (Fsp3) is 0.348. The van der Waals surface area contributed by atoms with Crippen molar-refractivity contribution in [2.45, 2.75) is 43.9 Å². The number of amides is 1. The molecule has 2 N–H and O–H groups in total. The van der Waals surface area contributed by atoms with Crippen LogP contribution in [0, 0.1) is 11.3 Å². The third-order valence-corrected chi connectivity index (χ3v) is 5.89. The lowest BCUT2D eigenvalue weighted by Crippen LogP contribution is -2.40. The molecule has 0 atom stereocenters. The number of hydrogen-bond donors (Lipinski definition) is 2. The van der Waals surface area contributed by atoms with Crippen LogP contribution in [0.4, 0.5) is 18.9 Å². The Morgan fingerprint density at radius 2 is 1.88 bits per heavy atom. The van der Waals surface area contributed by atoms with E-state index in [0.717, 1.165) is 29.9 Å². The van der Waals surface area contributed by atoms with E-state index in [1.807, 2.05) is 23.9 Å². The van der Waals surface area contributed by atoms with Gasteiger partial charge in [-0.15, -0.1) is 0 Å². The summed E-state index contributed by atoms with van der Waals surface area (Å²) in [5.74, 6) is -0.151. The van der Waals surface area contributed by atoms with Gasteiger partial charge in [0.05, 0.1) is 22.8 Å². The first-order valence-corrected chi connectivity index (χ1v) is 10.3. The third-order valence-electron chi connectivity index (χ3n) is 5.89. The van der Waals surface area contributed by atoms with Gasteiger partial charge in [-0.1, -0.05) is 0 Å². The van der Waals surface area contributed by atoms with Crippen molar-refractivity contribution in [1.82, 2.24) is 14.9 Å². The zero-order chi connectivity index (χ0) is 22.9. The number of aromatic nitrogens is 2. The maximum Gasteiger partial charge on any atom is 0.417 e. The van der Waals surface area contributed by atoms with Crippen molar-refractivity contribution in [3.05, 3.63) is 59.4 Å². The minimum atomic E-state index is -4.58. The number of carbonyl (C=O) groups excluding carboxylic acids is 1. The molecule has 0 spiro atoms. The summed E-state index contributed by atoms with van der Waals surface area (Å²) in [7, 11) is 1.87. The molecule has 0 aliphatic heterocycles. The fourth-order valence-corrected chi connectivity index (χ4v) is 4.21. The Balaban J connectivity index is 1.37. The van der Waals surface area contributed by atoms with Gasteiger partial charge in [0.15, 0.2) is 0 Å². The minimum absolute atomic E-state index is 0.000761. The third kappa shape index (κ3) is 4.40. The minimum Gasteiger partial charge on any atom is -0.382 e. The first-order chi connectivity index (χ1) is 15.3. The molecule has 2 heterocycles. The van der Waals surface area contributed by atoms with E-state index in [4.69, 9.17) is 5.26 Å². The molecule has 1 fully saturated rings. The van der Waals surface area contributed by atoms with Crippen LogP contribution in [0.25, 0.3) is 11.0 Å². The van der Waals surface area contributed by atoms with Crippen molar-refractivity contribution in [1.29, 1.82) is 5.26 Å². The van der Waals surface area contributed by atoms with E-state index in [1.165, 1.54) is 12.1 Å². The number of alkyl halides is 3. The summed E-state index contributed by atoms with van der Waals surface area (Å²) in [6, 6.07) is 8.83. The molecular weight excluding hydrogens is 419 g/mol. The summed E-state index contributed by atoms with van der Waals surface area (Å²) in [6.07, 6.45) is 1.75. The summed E-state index contributed by atoms with van der Waals surface area (Å²) < 4.78 is 41.4. The molecule has 166 valence electrons. The van der Waals surface area contributed by atoms with Crippen molar-refractivity contribution in [3.63, 3.8) is 0 Å². The van der Waals surface area contributed by atoms with Gasteiger partial charge in [-0.05, 0) is 56.0 Å². The van der Waals surface area contributed by atoms with E-state index < -0.39 is 17.3 Å². The van der Waals surface area contributed by atoms with Crippen LogP contribution in [0.15, 0.2) is 42.7 Å². The molecule has 2 aromatic heterocycles. The van der Waals surface area contributed by atoms with Crippen LogP contribution in [0.2, 0.25) is 0 Å². The number of nitrogens with one attached hydrogen (secondary N) is 2. The van der Waals surface area contributed by atoms with Gasteiger partial charge in [-0.2, -0.15) is 18.4 Å². The van der Waals surface area contributed by atoms with Crippen LogP contribution in [0.1, 0.15) is 47.2 Å². The van der Waals surface area contributed by atoms with Crippen molar-refractivity contribution in [2.75, 3.05) is 5.32 Å². The monoisotopic (exact) mass is 441 g/mol. The molecule has 0 radical (unpaired) electrons. The zero-order valence-corrected chi connectivity index (χ0v) is 17.4. The van der Waals surface area contributed by atoms with E-state index in [2.05, 4.69) is 15.6 Å². The molecule has 0 bridgehead atoms. The van der Waals surface area contributed by atoms with E-state index in [9.17, 15) is 18.0 Å². The van der Waals surface area contributed by atoms with Crippen LogP contribution in [0.5, 0.6) is 0 Å². The highest BCUT2D eigenvalue weighted by atomic mass is 19.4. The largest absolute Gasteiger partial charge is 0.417 e. The number of anilines is 1. The number of nitriles is 1. The van der Waals surface area contributed by atoms with E-state index in [1.54, 1.807) is 18.3 Å². The number of hydrogen-bond acceptors (Lipinski definition) is 4. The first kappa shape index (κ1) is 21.7. The number of aryl methyl sites for hydroxylation is 1. The Morgan fingerprint density at radius 3 is 2.56 bits per heavy atom. The normalized spacial score (nSPS) is 18.8. The highest BCUT2D eigenvalue weighted by molar-refractivity contribution is 6.05. The Morgan fingerprint density at radius 1 is 1.16 bits per heavy atom. The van der Waals surface area contributed by atoms with Crippen LogP contribution in [-0.2, 0) is 13.2 Å². The first-order valence-electron chi connectivity index (χ1n) is 10.3. The Hall–Kier alpha value is -3.54. The summed E-state index contributed by atoms with van der Waals surface area (Å²) in [6.45, 7) is 0. The zero-order valence-electron chi connectivity index (χ0n) is 17.4. The molecule has 1 aliphatic rings. The van der Waals surface area contributed by atoms with Crippen molar-refractivity contribution < 1.29 is 18.0 Å². The van der Waals surface area contributed by atoms with Crippen molar-refractivity contribution in [3.8, 4) is 6.07 Å². The summed E-state index contributed by atoms with van der Waals surface area (Å²) in [4.78, 5) is 17.1. The SMILES string of the molecule is Cn1ccc2c(C(=O)NC3CCC(Nc4ccc(C#N)c(C(F)(F)F)c4)CC3)ccnc21. The Labute approximate surface area is 183 Å². The molecular formula is C23H22F3N5O. The molecule has 4 rings (SSSR count). The topological polar surface area (TPSA) is 82.7 Å². The van der Waals surface area contributed by atoms with Crippen LogP contribution in [-0.4, -0.2) is 27.5 Å². The molecule has 1 aromatic carbocycles. The number of halogens is 3. The van der Waals surface area contributed by atoms with Gasteiger partial charge in [-0.25, -0.2) is 4.98 Å².